The third-order valence-corrected chi connectivity index (χ3v) is 15.8. The number of nitrogens with two attached hydrogens (primary N) is 1. The first kappa shape index (κ1) is 47.4. The van der Waals surface area contributed by atoms with Crippen LogP contribution in [-0.2, 0) is 25.5 Å². The van der Waals surface area contributed by atoms with Crippen molar-refractivity contribution in [2.45, 2.75) is 171 Å². The Morgan fingerprint density at radius 2 is 1.78 bits per heavy atom. The largest absolute Gasteiger partial charge is 0.462 e. The average molecular weight is 805 g/mol. The molecule has 3 N–H and O–H groups in total. The zero-order chi connectivity index (χ0) is 43.5. The zero-order valence-corrected chi connectivity index (χ0v) is 38.0. The van der Waals surface area contributed by atoms with Crippen molar-refractivity contribution >= 4 is 23.8 Å². The summed E-state index contributed by atoms with van der Waals surface area (Å²) in [6, 6.07) is 0. The second-order valence-electron chi connectivity index (χ2n) is 19.3. The van der Waals surface area contributed by atoms with Crippen molar-refractivity contribution in [2.75, 3.05) is 7.11 Å². The van der Waals surface area contributed by atoms with Crippen LogP contribution in [0, 0.1) is 50.7 Å². The van der Waals surface area contributed by atoms with E-state index in [0.717, 1.165) is 76.8 Å². The lowest BCUT2D eigenvalue weighted by atomic mass is 9.31. The Labute approximate surface area is 349 Å². The summed E-state index contributed by atoms with van der Waals surface area (Å²) >= 11 is 0. The first-order valence-electron chi connectivity index (χ1n) is 22.3. The Hall–Kier alpha value is -3.24. The summed E-state index contributed by atoms with van der Waals surface area (Å²) in [6.45, 7) is 27.3. The van der Waals surface area contributed by atoms with Gasteiger partial charge in [-0.05, 0) is 121 Å². The molecule has 10 nitrogen and oxygen atoms in total. The van der Waals surface area contributed by atoms with Crippen molar-refractivity contribution in [1.29, 1.82) is 0 Å². The molecule has 324 valence electrons. The van der Waals surface area contributed by atoms with Gasteiger partial charge in [-0.15, -0.1) is 10.2 Å². The standard InChI is InChI=1S/C45H66N4O5.C2H6.CH4O/c1-11-14-23-47-31(12-2)39-49-48-35(54-39)25-43-21-22-44(13-3)42(10)19-15-30-29(6)33(53-36(52)26-40(7,8)27-50)16-18-41(30,9)34(42)17-20-45(44,46)38(43)37(28(4)5)32(51)24-43;2*1-2/h11,14,23,27-30,33-34H,1,12-13,15-22,24-26,46H2,2-10H3;1-2H3;2H,1H3/b23-14-,47-31?;;. The lowest BCUT2D eigenvalue weighted by molar-refractivity contribution is -0.226. The number of ether oxygens (including phenoxy) is 1. The second-order valence-corrected chi connectivity index (χ2v) is 19.3. The molecule has 1 aromatic rings. The Morgan fingerprint density at radius 1 is 1.09 bits per heavy atom. The molecule has 9 unspecified atom stereocenters. The Balaban J connectivity index is 0.00000180. The molecule has 9 atom stereocenters. The smallest absolute Gasteiger partial charge is 0.307 e. The molecule has 0 radical (unpaired) electrons. The molecule has 1 aromatic heterocycles. The van der Waals surface area contributed by atoms with Crippen LogP contribution in [0.2, 0.25) is 0 Å². The molecule has 5 aliphatic carbocycles. The summed E-state index contributed by atoms with van der Waals surface area (Å²) < 4.78 is 12.5. The predicted molar refractivity (Wildman–Crippen MR) is 231 cm³/mol. The summed E-state index contributed by atoms with van der Waals surface area (Å²) in [6.07, 6.45) is 16.1. The van der Waals surface area contributed by atoms with Gasteiger partial charge in [-0.3, -0.25) is 14.6 Å². The molecule has 0 aromatic carbocycles. The fourth-order valence-corrected chi connectivity index (χ4v) is 13.4. The third-order valence-electron chi connectivity index (χ3n) is 15.8. The van der Waals surface area contributed by atoms with Crippen LogP contribution in [0.5, 0.6) is 0 Å². The molecule has 0 amide bonds. The summed E-state index contributed by atoms with van der Waals surface area (Å²) in [5.74, 6) is 2.09. The minimum Gasteiger partial charge on any atom is -0.462 e. The van der Waals surface area contributed by atoms with Crippen LogP contribution in [-0.4, -0.2) is 57.8 Å². The number of aliphatic hydroxyl groups excluding tert-OH is 1. The van der Waals surface area contributed by atoms with Gasteiger partial charge in [0.25, 0.3) is 5.89 Å². The van der Waals surface area contributed by atoms with E-state index >= 15 is 0 Å². The molecule has 6 rings (SSSR count). The van der Waals surface area contributed by atoms with Gasteiger partial charge < -0.3 is 24.8 Å². The number of aliphatic hydroxyl groups is 1. The topological polar surface area (TPSA) is 158 Å². The number of esters is 1. The SMILES string of the molecule is C=C/C=C\N=C(CC)c1nnc(CC23CCC4(CC)C(N)(CCC5C6(C)CCC(OC(=O)CC(C)(C)C=O)C(C)C6CCC54C)C2=C(C(C)C)C(=O)C3)o1.CC.CO. The van der Waals surface area contributed by atoms with Gasteiger partial charge in [0, 0.05) is 42.5 Å². The van der Waals surface area contributed by atoms with E-state index in [1.165, 1.54) is 5.57 Å². The molecule has 58 heavy (non-hydrogen) atoms. The second kappa shape index (κ2) is 18.2. The van der Waals surface area contributed by atoms with Gasteiger partial charge in [0.2, 0.25) is 5.89 Å². The van der Waals surface area contributed by atoms with Gasteiger partial charge in [0.05, 0.1) is 6.42 Å². The van der Waals surface area contributed by atoms with Crippen LogP contribution < -0.4 is 5.73 Å². The normalized spacial score (nSPS) is 35.8. The number of ketones is 1. The molecule has 0 spiro atoms. The van der Waals surface area contributed by atoms with Gasteiger partial charge >= 0.3 is 5.97 Å². The van der Waals surface area contributed by atoms with Crippen LogP contribution >= 0.6 is 0 Å². The number of carbonyl (C=O) groups excluding carboxylic acids is 3. The fourth-order valence-electron chi connectivity index (χ4n) is 13.4. The van der Waals surface area contributed by atoms with Crippen molar-refractivity contribution in [3.8, 4) is 0 Å². The molecular weight excluding hydrogens is 729 g/mol. The maximum Gasteiger partial charge on any atom is 0.307 e. The van der Waals surface area contributed by atoms with E-state index in [1.807, 2.05) is 20.8 Å². The lowest BCUT2D eigenvalue weighted by Gasteiger charge is -2.74. The van der Waals surface area contributed by atoms with Crippen molar-refractivity contribution < 1.29 is 28.6 Å². The van der Waals surface area contributed by atoms with Gasteiger partial charge in [0.15, 0.2) is 5.78 Å². The van der Waals surface area contributed by atoms with Crippen LogP contribution in [0.4, 0.5) is 0 Å². The zero-order valence-electron chi connectivity index (χ0n) is 38.0. The van der Waals surface area contributed by atoms with Crippen LogP contribution in [0.25, 0.3) is 0 Å². The monoisotopic (exact) mass is 805 g/mol. The predicted octanol–water partition coefficient (Wildman–Crippen LogP) is 9.73. The highest BCUT2D eigenvalue weighted by Crippen LogP contribution is 2.77. The third kappa shape index (κ3) is 7.78. The summed E-state index contributed by atoms with van der Waals surface area (Å²) in [5.41, 5.74) is 9.02. The summed E-state index contributed by atoms with van der Waals surface area (Å²) in [7, 11) is 1.00. The molecular formula is C48H76N4O6. The number of hydrogen-bond acceptors (Lipinski definition) is 10. The number of aliphatic imine (C=N–C) groups is 1. The highest BCUT2D eigenvalue weighted by molar-refractivity contribution is 6.01. The minimum absolute atomic E-state index is 0.0345. The highest BCUT2D eigenvalue weighted by Gasteiger charge is 2.74. The summed E-state index contributed by atoms with van der Waals surface area (Å²) in [5, 5.41) is 16.0. The number of hydrogen-bond donors (Lipinski definition) is 2. The van der Waals surface area contributed by atoms with Gasteiger partial charge in [-0.1, -0.05) is 88.8 Å². The number of rotatable bonds is 12. The van der Waals surface area contributed by atoms with Gasteiger partial charge in [0.1, 0.15) is 18.1 Å². The Morgan fingerprint density at radius 3 is 2.38 bits per heavy atom. The molecule has 10 heteroatoms. The van der Waals surface area contributed by atoms with E-state index in [2.05, 4.69) is 63.3 Å². The molecule has 4 saturated carbocycles. The number of Topliss-reactive ketones (excluding diaryl/α,β-unsaturated/α-hetero) is 1. The molecule has 5 aliphatic rings. The van der Waals surface area contributed by atoms with Crippen molar-refractivity contribution in [3.63, 3.8) is 0 Å². The Bertz CT molecular complexity index is 1760. The molecule has 4 fully saturated rings. The van der Waals surface area contributed by atoms with E-state index in [9.17, 15) is 14.4 Å². The molecule has 0 bridgehead atoms. The average Bonchev–Trinajstić information content (AvgIpc) is 3.77. The highest BCUT2D eigenvalue weighted by atomic mass is 16.5. The maximum atomic E-state index is 14.3. The van der Waals surface area contributed by atoms with Crippen LogP contribution in [0.3, 0.4) is 0 Å². The van der Waals surface area contributed by atoms with Crippen molar-refractivity contribution in [2.24, 2.45) is 61.5 Å². The number of aromatic nitrogens is 2. The first-order valence-corrected chi connectivity index (χ1v) is 22.3. The van der Waals surface area contributed by atoms with Crippen LogP contribution in [0.1, 0.15) is 165 Å². The maximum absolute atomic E-state index is 14.3. The van der Waals surface area contributed by atoms with E-state index in [-0.39, 0.29) is 52.4 Å². The fraction of sp³-hybridized carbons (Fsp3) is 0.750. The minimum atomic E-state index is -0.724. The van der Waals surface area contributed by atoms with E-state index < -0.39 is 16.4 Å². The molecule has 0 saturated heterocycles. The van der Waals surface area contributed by atoms with Gasteiger partial charge in [-0.25, -0.2) is 0 Å². The number of aldehydes is 1. The number of allylic oxidation sites excluding steroid dienone is 3. The lowest BCUT2D eigenvalue weighted by Crippen LogP contribution is -2.74. The van der Waals surface area contributed by atoms with Crippen LogP contribution in [0.15, 0.2) is 45.5 Å². The van der Waals surface area contributed by atoms with Gasteiger partial charge in [-0.2, -0.15) is 0 Å². The van der Waals surface area contributed by atoms with E-state index in [1.54, 1.807) is 32.2 Å². The quantitative estimate of drug-likeness (QED) is 0.0908. The van der Waals surface area contributed by atoms with Crippen molar-refractivity contribution in [3.05, 3.63) is 47.9 Å². The van der Waals surface area contributed by atoms with E-state index in [0.29, 0.717) is 48.6 Å². The van der Waals surface area contributed by atoms with Crippen molar-refractivity contribution in [1.82, 2.24) is 10.2 Å². The Kier molecular flexibility index (Phi) is 14.9. The number of carbonyl (C=O) groups is 3. The first-order chi connectivity index (χ1) is 27.4. The summed E-state index contributed by atoms with van der Waals surface area (Å²) in [4.78, 5) is 43.3. The molecule has 1 heterocycles. The number of nitrogens with zero attached hydrogens (tertiary/aromatic N) is 3. The van der Waals surface area contributed by atoms with E-state index in [4.69, 9.17) is 20.0 Å². The molecule has 0 aliphatic heterocycles. The number of fused-ring (bicyclic) bond motifs is 7.